The molecule has 1 heterocycles. The lowest BCUT2D eigenvalue weighted by atomic mass is 10.1. The molecule has 1 fully saturated rings. The Balaban J connectivity index is 1.75. The summed E-state index contributed by atoms with van der Waals surface area (Å²) in [5, 5.41) is 18.0. The molecule has 0 saturated heterocycles. The van der Waals surface area contributed by atoms with Gasteiger partial charge in [-0.15, -0.1) is 11.3 Å². The van der Waals surface area contributed by atoms with Gasteiger partial charge in [0, 0.05) is 22.2 Å². The third-order valence-corrected chi connectivity index (χ3v) is 5.36. The average Bonchev–Trinajstić information content (AvgIpc) is 3.36. The molecular formula is C19H21N3O4S. The van der Waals surface area contributed by atoms with Crippen molar-refractivity contribution in [3.05, 3.63) is 45.8 Å². The number of hydrogen-bond acceptors (Lipinski definition) is 4. The summed E-state index contributed by atoms with van der Waals surface area (Å²) >= 11 is 1.25. The second kappa shape index (κ2) is 7.79. The molecular weight excluding hydrogens is 366 g/mol. The molecule has 142 valence electrons. The van der Waals surface area contributed by atoms with E-state index in [1.807, 2.05) is 13.8 Å². The Labute approximate surface area is 160 Å². The first kappa shape index (κ1) is 18.9. The van der Waals surface area contributed by atoms with Crippen LogP contribution in [0.15, 0.2) is 24.3 Å². The van der Waals surface area contributed by atoms with Crippen LogP contribution in [-0.2, 0) is 6.42 Å². The number of rotatable bonds is 6. The number of aromatic carboxylic acids is 1. The molecule has 0 spiro atoms. The smallest absolute Gasteiger partial charge is 0.339 e. The zero-order valence-electron chi connectivity index (χ0n) is 15.1. The Kier molecular flexibility index (Phi) is 5.46. The van der Waals surface area contributed by atoms with Gasteiger partial charge in [-0.05, 0) is 49.9 Å². The zero-order chi connectivity index (χ0) is 19.6. The van der Waals surface area contributed by atoms with Crippen molar-refractivity contribution in [2.45, 2.75) is 39.2 Å². The fourth-order valence-electron chi connectivity index (χ4n) is 2.81. The number of aryl methyl sites for hydroxylation is 1. The zero-order valence-corrected chi connectivity index (χ0v) is 15.9. The number of thiophene rings is 1. The molecule has 0 atom stereocenters. The molecule has 1 aromatic heterocycles. The average molecular weight is 387 g/mol. The van der Waals surface area contributed by atoms with Gasteiger partial charge >= 0.3 is 12.0 Å². The Bertz CT molecular complexity index is 902. The number of anilines is 2. The fraction of sp³-hybridized carbons (Fsp3) is 0.316. The number of carbonyl (C=O) groups is 3. The van der Waals surface area contributed by atoms with Crippen LogP contribution in [-0.4, -0.2) is 29.1 Å². The molecule has 3 amide bonds. The van der Waals surface area contributed by atoms with Crippen LogP contribution in [0.4, 0.5) is 15.5 Å². The Morgan fingerprint density at radius 1 is 1.22 bits per heavy atom. The standard InChI is InChI=1S/C19H21N3O4S/c1-3-14-10(2)27-17(15(14)18(24)25)22-16(23)11-5-4-6-13(9-11)21-19(26)20-12-7-8-12/h4-6,9,12H,3,7-8H2,1-2H3,(H,22,23)(H,24,25)(H2,20,21,26). The fourth-order valence-corrected chi connectivity index (χ4v) is 3.94. The SMILES string of the molecule is CCc1c(C)sc(NC(=O)c2cccc(NC(=O)NC3CC3)c2)c1C(=O)O. The van der Waals surface area contributed by atoms with Gasteiger partial charge in [-0.25, -0.2) is 9.59 Å². The molecule has 3 rings (SSSR count). The molecule has 1 aliphatic carbocycles. The molecule has 0 radical (unpaired) electrons. The van der Waals surface area contributed by atoms with Crippen molar-refractivity contribution in [1.29, 1.82) is 0 Å². The molecule has 27 heavy (non-hydrogen) atoms. The largest absolute Gasteiger partial charge is 0.478 e. The predicted molar refractivity (Wildman–Crippen MR) is 105 cm³/mol. The van der Waals surface area contributed by atoms with Gasteiger partial charge in [-0.1, -0.05) is 13.0 Å². The van der Waals surface area contributed by atoms with Gasteiger partial charge in [0.15, 0.2) is 0 Å². The first-order valence-electron chi connectivity index (χ1n) is 8.73. The van der Waals surface area contributed by atoms with Crippen molar-refractivity contribution in [1.82, 2.24) is 5.32 Å². The summed E-state index contributed by atoms with van der Waals surface area (Å²) in [5.41, 5.74) is 1.71. The lowest BCUT2D eigenvalue weighted by Crippen LogP contribution is -2.30. The van der Waals surface area contributed by atoms with E-state index in [0.29, 0.717) is 22.7 Å². The van der Waals surface area contributed by atoms with Crippen LogP contribution < -0.4 is 16.0 Å². The summed E-state index contributed by atoms with van der Waals surface area (Å²) in [6.45, 7) is 3.73. The predicted octanol–water partition coefficient (Wildman–Crippen LogP) is 3.85. The van der Waals surface area contributed by atoms with Crippen molar-refractivity contribution < 1.29 is 19.5 Å². The lowest BCUT2D eigenvalue weighted by Gasteiger charge is -2.09. The summed E-state index contributed by atoms with van der Waals surface area (Å²) in [4.78, 5) is 36.9. The third kappa shape index (κ3) is 4.46. The van der Waals surface area contributed by atoms with Crippen LogP contribution in [0.25, 0.3) is 0 Å². The van der Waals surface area contributed by atoms with E-state index in [1.54, 1.807) is 24.3 Å². The number of carboxylic acid groups (broad SMARTS) is 1. The molecule has 1 aliphatic rings. The first-order valence-corrected chi connectivity index (χ1v) is 9.55. The van der Waals surface area contributed by atoms with E-state index in [0.717, 1.165) is 23.3 Å². The molecule has 0 bridgehead atoms. The highest BCUT2D eigenvalue weighted by atomic mass is 32.1. The van der Waals surface area contributed by atoms with Crippen molar-refractivity contribution >= 4 is 39.9 Å². The number of nitrogens with one attached hydrogen (secondary N) is 3. The van der Waals surface area contributed by atoms with Gasteiger partial charge in [0.1, 0.15) is 5.00 Å². The van der Waals surface area contributed by atoms with Gasteiger partial charge in [0.25, 0.3) is 5.91 Å². The third-order valence-electron chi connectivity index (χ3n) is 4.30. The molecule has 2 aromatic rings. The maximum atomic E-state index is 12.6. The summed E-state index contributed by atoms with van der Waals surface area (Å²) in [7, 11) is 0. The highest BCUT2D eigenvalue weighted by Gasteiger charge is 2.24. The molecule has 0 aliphatic heterocycles. The van der Waals surface area contributed by atoms with E-state index in [9.17, 15) is 19.5 Å². The molecule has 7 nitrogen and oxygen atoms in total. The Hall–Kier alpha value is -2.87. The van der Waals surface area contributed by atoms with Gasteiger partial charge in [-0.3, -0.25) is 4.79 Å². The van der Waals surface area contributed by atoms with E-state index in [4.69, 9.17) is 0 Å². The normalized spacial score (nSPS) is 13.1. The maximum Gasteiger partial charge on any atom is 0.339 e. The number of hydrogen-bond donors (Lipinski definition) is 4. The first-order chi connectivity index (χ1) is 12.9. The van der Waals surface area contributed by atoms with Gasteiger partial charge < -0.3 is 21.1 Å². The number of carboxylic acids is 1. The quantitative estimate of drug-likeness (QED) is 0.604. The summed E-state index contributed by atoms with van der Waals surface area (Å²) in [5.74, 6) is -1.48. The van der Waals surface area contributed by atoms with Gasteiger partial charge in [0.05, 0.1) is 5.56 Å². The van der Waals surface area contributed by atoms with Crippen LogP contribution >= 0.6 is 11.3 Å². The second-order valence-corrected chi connectivity index (χ2v) is 7.63. The van der Waals surface area contributed by atoms with E-state index in [-0.39, 0.29) is 17.6 Å². The number of amides is 3. The highest BCUT2D eigenvalue weighted by molar-refractivity contribution is 7.16. The molecule has 1 saturated carbocycles. The van der Waals surface area contributed by atoms with Crippen LogP contribution in [0.2, 0.25) is 0 Å². The summed E-state index contributed by atoms with van der Waals surface area (Å²) in [6.07, 6.45) is 2.55. The topological polar surface area (TPSA) is 108 Å². The minimum absolute atomic E-state index is 0.145. The van der Waals surface area contributed by atoms with Crippen molar-refractivity contribution in [2.75, 3.05) is 10.6 Å². The van der Waals surface area contributed by atoms with Crippen LogP contribution in [0.3, 0.4) is 0 Å². The van der Waals surface area contributed by atoms with E-state index < -0.39 is 11.9 Å². The number of benzene rings is 1. The maximum absolute atomic E-state index is 12.6. The molecule has 4 N–H and O–H groups in total. The summed E-state index contributed by atoms with van der Waals surface area (Å²) in [6, 6.07) is 6.46. The van der Waals surface area contributed by atoms with Crippen LogP contribution in [0.5, 0.6) is 0 Å². The van der Waals surface area contributed by atoms with E-state index in [1.165, 1.54) is 11.3 Å². The molecule has 8 heteroatoms. The Morgan fingerprint density at radius 2 is 1.96 bits per heavy atom. The van der Waals surface area contributed by atoms with Crippen molar-refractivity contribution in [2.24, 2.45) is 0 Å². The van der Waals surface area contributed by atoms with Crippen molar-refractivity contribution in [3.8, 4) is 0 Å². The summed E-state index contributed by atoms with van der Waals surface area (Å²) < 4.78 is 0. The Morgan fingerprint density at radius 3 is 2.59 bits per heavy atom. The van der Waals surface area contributed by atoms with Crippen molar-refractivity contribution in [3.63, 3.8) is 0 Å². The number of carbonyl (C=O) groups excluding carboxylic acids is 2. The minimum atomic E-state index is -1.06. The van der Waals surface area contributed by atoms with E-state index in [2.05, 4.69) is 16.0 Å². The second-order valence-electron chi connectivity index (χ2n) is 6.41. The minimum Gasteiger partial charge on any atom is -0.478 e. The van der Waals surface area contributed by atoms with Crippen LogP contribution in [0.1, 0.15) is 50.9 Å². The monoisotopic (exact) mass is 387 g/mol. The molecule has 1 aromatic carbocycles. The van der Waals surface area contributed by atoms with Crippen LogP contribution in [0, 0.1) is 6.92 Å². The molecule has 0 unspecified atom stereocenters. The number of urea groups is 1. The lowest BCUT2D eigenvalue weighted by molar-refractivity contribution is 0.0697. The highest BCUT2D eigenvalue weighted by Crippen LogP contribution is 2.33. The van der Waals surface area contributed by atoms with E-state index >= 15 is 0 Å². The van der Waals surface area contributed by atoms with Gasteiger partial charge in [-0.2, -0.15) is 0 Å². The van der Waals surface area contributed by atoms with Gasteiger partial charge in [0.2, 0.25) is 0 Å².